The molecule has 0 bridgehead atoms. The van der Waals surface area contributed by atoms with E-state index >= 15 is 0 Å². The fraction of sp³-hybridized carbons (Fsp3) is 0.231. The van der Waals surface area contributed by atoms with Crippen LogP contribution in [0.25, 0.3) is 0 Å². The second kappa shape index (κ2) is 5.56. The Labute approximate surface area is 112 Å². The summed E-state index contributed by atoms with van der Waals surface area (Å²) in [5.74, 6) is 0. The third-order valence-electron chi connectivity index (χ3n) is 2.81. The molecule has 0 amide bonds. The summed E-state index contributed by atoms with van der Waals surface area (Å²) < 4.78 is 31.8. The molecular formula is C13H16N2O3S. The van der Waals surface area contributed by atoms with Gasteiger partial charge in [0, 0.05) is 18.7 Å². The molecule has 0 unspecified atom stereocenters. The predicted molar refractivity (Wildman–Crippen MR) is 71.8 cm³/mol. The number of sulfonamides is 1. The van der Waals surface area contributed by atoms with Gasteiger partial charge in [-0.15, -0.1) is 0 Å². The fourth-order valence-corrected chi connectivity index (χ4v) is 3.03. The van der Waals surface area contributed by atoms with Crippen LogP contribution in [-0.2, 0) is 23.1 Å². The van der Waals surface area contributed by atoms with Crippen LogP contribution in [0.4, 0.5) is 0 Å². The minimum Gasteiger partial charge on any atom is -0.472 e. The van der Waals surface area contributed by atoms with Gasteiger partial charge in [0.15, 0.2) is 0 Å². The zero-order chi connectivity index (χ0) is 13.9. The molecule has 6 heteroatoms. The van der Waals surface area contributed by atoms with Crippen LogP contribution in [0.15, 0.2) is 46.1 Å². The van der Waals surface area contributed by atoms with Gasteiger partial charge in [0.25, 0.3) is 0 Å². The van der Waals surface area contributed by atoms with Crippen LogP contribution in [0, 0.1) is 6.92 Å². The smallest absolute Gasteiger partial charge is 0.241 e. The molecule has 0 aliphatic carbocycles. The lowest BCUT2D eigenvalue weighted by Gasteiger charge is -2.09. The van der Waals surface area contributed by atoms with Gasteiger partial charge >= 0.3 is 0 Å². The Morgan fingerprint density at radius 3 is 2.63 bits per heavy atom. The largest absolute Gasteiger partial charge is 0.472 e. The average Bonchev–Trinajstić information content (AvgIpc) is 2.89. The number of hydrogen-bond donors (Lipinski definition) is 2. The summed E-state index contributed by atoms with van der Waals surface area (Å²) in [5.41, 5.74) is 7.89. The first-order chi connectivity index (χ1) is 9.03. The van der Waals surface area contributed by atoms with E-state index < -0.39 is 10.0 Å². The molecule has 5 nitrogen and oxygen atoms in total. The molecule has 1 aromatic heterocycles. The van der Waals surface area contributed by atoms with Gasteiger partial charge in [-0.05, 0) is 30.2 Å². The zero-order valence-electron chi connectivity index (χ0n) is 10.6. The van der Waals surface area contributed by atoms with E-state index in [1.54, 1.807) is 31.2 Å². The van der Waals surface area contributed by atoms with Crippen LogP contribution in [0.5, 0.6) is 0 Å². The Morgan fingerprint density at radius 1 is 1.26 bits per heavy atom. The number of nitrogens with one attached hydrogen (secondary N) is 1. The van der Waals surface area contributed by atoms with Gasteiger partial charge in [-0.25, -0.2) is 13.1 Å². The van der Waals surface area contributed by atoms with Gasteiger partial charge in [-0.2, -0.15) is 0 Å². The van der Waals surface area contributed by atoms with E-state index in [2.05, 4.69) is 4.72 Å². The van der Waals surface area contributed by atoms with Crippen molar-refractivity contribution in [2.45, 2.75) is 24.9 Å². The highest BCUT2D eigenvalue weighted by Gasteiger charge is 2.16. The van der Waals surface area contributed by atoms with Gasteiger partial charge in [-0.3, -0.25) is 0 Å². The minimum atomic E-state index is -3.52. The maximum atomic E-state index is 12.2. The lowest BCUT2D eigenvalue weighted by Crippen LogP contribution is -2.23. The zero-order valence-corrected chi connectivity index (χ0v) is 11.4. The van der Waals surface area contributed by atoms with Gasteiger partial charge in [0.05, 0.1) is 17.4 Å². The maximum absolute atomic E-state index is 12.2. The predicted octanol–water partition coefficient (Wildman–Crippen LogP) is 1.53. The van der Waals surface area contributed by atoms with Crippen LogP contribution in [0.3, 0.4) is 0 Å². The molecule has 0 radical (unpaired) electrons. The summed E-state index contributed by atoms with van der Waals surface area (Å²) >= 11 is 0. The molecule has 102 valence electrons. The summed E-state index contributed by atoms with van der Waals surface area (Å²) in [7, 11) is -3.52. The van der Waals surface area contributed by atoms with E-state index in [9.17, 15) is 8.42 Å². The molecule has 0 aliphatic heterocycles. The van der Waals surface area contributed by atoms with Gasteiger partial charge in [-0.1, -0.05) is 12.1 Å². The topological polar surface area (TPSA) is 85.3 Å². The molecule has 3 N–H and O–H groups in total. The third-order valence-corrected chi connectivity index (χ3v) is 4.37. The summed E-state index contributed by atoms with van der Waals surface area (Å²) in [6, 6.07) is 6.80. The molecule has 2 rings (SSSR count). The molecule has 0 saturated carbocycles. The molecule has 0 fully saturated rings. The van der Waals surface area contributed by atoms with Crippen LogP contribution >= 0.6 is 0 Å². The normalized spacial score (nSPS) is 11.7. The van der Waals surface area contributed by atoms with Crippen molar-refractivity contribution in [2.75, 3.05) is 0 Å². The minimum absolute atomic E-state index is 0.205. The first-order valence-corrected chi connectivity index (χ1v) is 7.31. The third kappa shape index (κ3) is 3.23. The van der Waals surface area contributed by atoms with Crippen molar-refractivity contribution in [1.29, 1.82) is 0 Å². The van der Waals surface area contributed by atoms with Crippen molar-refractivity contribution in [3.8, 4) is 0 Å². The van der Waals surface area contributed by atoms with E-state index in [0.29, 0.717) is 12.1 Å². The molecule has 1 aromatic carbocycles. The molecule has 0 saturated heterocycles. The number of aryl methyl sites for hydroxylation is 1. The van der Waals surface area contributed by atoms with Crippen molar-refractivity contribution in [3.63, 3.8) is 0 Å². The van der Waals surface area contributed by atoms with Gasteiger partial charge in [0.2, 0.25) is 10.0 Å². The lowest BCUT2D eigenvalue weighted by molar-refractivity contribution is 0.561. The lowest BCUT2D eigenvalue weighted by atomic mass is 10.1. The Hall–Kier alpha value is -1.63. The maximum Gasteiger partial charge on any atom is 0.241 e. The quantitative estimate of drug-likeness (QED) is 0.869. The molecular weight excluding hydrogens is 264 g/mol. The molecule has 19 heavy (non-hydrogen) atoms. The molecule has 1 heterocycles. The van der Waals surface area contributed by atoms with Gasteiger partial charge in [0.1, 0.15) is 0 Å². The molecule has 0 aliphatic rings. The Morgan fingerprint density at radius 2 is 2.05 bits per heavy atom. The Balaban J connectivity index is 2.19. The van der Waals surface area contributed by atoms with E-state index in [4.69, 9.17) is 10.2 Å². The van der Waals surface area contributed by atoms with Crippen molar-refractivity contribution < 1.29 is 12.8 Å². The Bertz CT molecular complexity index is 649. The second-order valence-corrected chi connectivity index (χ2v) is 6.00. The first-order valence-electron chi connectivity index (χ1n) is 5.83. The highest BCUT2D eigenvalue weighted by Crippen LogP contribution is 2.17. The van der Waals surface area contributed by atoms with Crippen LogP contribution in [0.1, 0.15) is 16.7 Å². The second-order valence-electron chi connectivity index (χ2n) is 4.26. The van der Waals surface area contributed by atoms with E-state index in [1.807, 2.05) is 0 Å². The molecule has 2 aromatic rings. The van der Waals surface area contributed by atoms with Crippen molar-refractivity contribution >= 4 is 10.0 Å². The van der Waals surface area contributed by atoms with Crippen molar-refractivity contribution in [3.05, 3.63) is 53.5 Å². The highest BCUT2D eigenvalue weighted by molar-refractivity contribution is 7.89. The standard InChI is InChI=1S/C13H16N2O3S/c1-10-6-11(7-14)2-3-13(10)19(16,17)15-8-12-4-5-18-9-12/h2-6,9,15H,7-8,14H2,1H3. The summed E-state index contributed by atoms with van der Waals surface area (Å²) in [4.78, 5) is 0.271. The number of hydrogen-bond acceptors (Lipinski definition) is 4. The van der Waals surface area contributed by atoms with Crippen LogP contribution in [-0.4, -0.2) is 8.42 Å². The number of nitrogens with two attached hydrogens (primary N) is 1. The summed E-state index contributed by atoms with van der Waals surface area (Å²) in [6.45, 7) is 2.35. The van der Waals surface area contributed by atoms with E-state index in [1.165, 1.54) is 12.5 Å². The first kappa shape index (κ1) is 13.8. The van der Waals surface area contributed by atoms with E-state index in [0.717, 1.165) is 11.1 Å². The summed E-state index contributed by atoms with van der Waals surface area (Å²) in [5, 5.41) is 0. The SMILES string of the molecule is Cc1cc(CN)ccc1S(=O)(=O)NCc1ccoc1. The van der Waals surface area contributed by atoms with Crippen LogP contribution < -0.4 is 10.5 Å². The average molecular weight is 280 g/mol. The monoisotopic (exact) mass is 280 g/mol. The van der Waals surface area contributed by atoms with Crippen LogP contribution in [0.2, 0.25) is 0 Å². The molecule has 0 atom stereocenters. The van der Waals surface area contributed by atoms with Crippen molar-refractivity contribution in [1.82, 2.24) is 4.72 Å². The Kier molecular flexibility index (Phi) is 4.04. The highest BCUT2D eigenvalue weighted by atomic mass is 32.2. The summed E-state index contributed by atoms with van der Waals surface area (Å²) in [6.07, 6.45) is 3.01. The molecule has 0 spiro atoms. The van der Waals surface area contributed by atoms with E-state index in [-0.39, 0.29) is 11.4 Å². The number of benzene rings is 1. The fourth-order valence-electron chi connectivity index (χ4n) is 1.79. The number of rotatable bonds is 5. The van der Waals surface area contributed by atoms with Crippen molar-refractivity contribution in [2.24, 2.45) is 5.73 Å². The number of furan rings is 1. The van der Waals surface area contributed by atoms with Gasteiger partial charge < -0.3 is 10.2 Å².